The smallest absolute Gasteiger partial charge is 0.303 e. The van der Waals surface area contributed by atoms with Gasteiger partial charge in [-0.15, -0.1) is 23.5 Å². The lowest BCUT2D eigenvalue weighted by molar-refractivity contribution is -0.223. The average molecular weight is 541 g/mol. The summed E-state index contributed by atoms with van der Waals surface area (Å²) in [7, 11) is 0. The van der Waals surface area contributed by atoms with Gasteiger partial charge in [0.15, 0.2) is 18.3 Å². The van der Waals surface area contributed by atoms with Crippen molar-refractivity contribution < 1.29 is 33.3 Å². The van der Waals surface area contributed by atoms with Crippen LogP contribution in [-0.2, 0) is 33.3 Å². The van der Waals surface area contributed by atoms with Crippen molar-refractivity contribution in [2.75, 3.05) is 6.61 Å². The van der Waals surface area contributed by atoms with Crippen LogP contribution in [0.3, 0.4) is 0 Å². The fourth-order valence-electron chi connectivity index (χ4n) is 3.64. The number of esters is 3. The van der Waals surface area contributed by atoms with E-state index in [1.54, 1.807) is 48.5 Å². The fourth-order valence-corrected chi connectivity index (χ4v) is 6.36. The zero-order chi connectivity index (χ0) is 26.9. The molecular formula is C26H24N2O7S2. The minimum absolute atomic E-state index is 0.0850. The molecule has 0 unspecified atom stereocenters. The first-order chi connectivity index (χ1) is 17.7. The van der Waals surface area contributed by atoms with E-state index < -0.39 is 46.9 Å². The van der Waals surface area contributed by atoms with Crippen LogP contribution in [0, 0.1) is 22.7 Å². The van der Waals surface area contributed by atoms with Crippen molar-refractivity contribution in [2.24, 2.45) is 0 Å². The Morgan fingerprint density at radius 2 is 1.22 bits per heavy atom. The Kier molecular flexibility index (Phi) is 9.98. The van der Waals surface area contributed by atoms with Gasteiger partial charge in [0.1, 0.15) is 6.10 Å². The van der Waals surface area contributed by atoms with Gasteiger partial charge >= 0.3 is 17.9 Å². The van der Waals surface area contributed by atoms with Gasteiger partial charge in [-0.05, 0) is 48.5 Å². The Morgan fingerprint density at radius 1 is 0.784 bits per heavy atom. The third kappa shape index (κ3) is 7.99. The van der Waals surface area contributed by atoms with Crippen LogP contribution in [0.4, 0.5) is 0 Å². The number of ether oxygens (including phenoxy) is 4. The molecule has 3 rings (SSSR count). The number of hydrogen-bond donors (Lipinski definition) is 0. The standard InChI is InChI=1S/C26H24N2O7S2/c1-15(29)33-22-14-32-25(24(35-17(3)31)23(22)34-16(2)30)26(36-20-8-4-18(12-27)5-9-20)37-21-10-6-19(13-28)7-11-21/h4-11,22-26H,14H2,1-3H3/t22-,23-,24+,25+/m1/s1. The first-order valence-electron chi connectivity index (χ1n) is 11.2. The molecule has 1 saturated heterocycles. The maximum absolute atomic E-state index is 12.1. The lowest BCUT2D eigenvalue weighted by atomic mass is 10.00. The molecule has 0 radical (unpaired) electrons. The highest BCUT2D eigenvalue weighted by molar-refractivity contribution is 8.17. The Bertz CT molecular complexity index is 1150. The number of thioether (sulfide) groups is 2. The maximum Gasteiger partial charge on any atom is 0.303 e. The highest BCUT2D eigenvalue weighted by Gasteiger charge is 2.50. The lowest BCUT2D eigenvalue weighted by Gasteiger charge is -2.42. The van der Waals surface area contributed by atoms with Crippen LogP contribution in [0.5, 0.6) is 0 Å². The summed E-state index contributed by atoms with van der Waals surface area (Å²) in [5.41, 5.74) is 1.01. The Labute approximate surface area is 223 Å². The molecule has 0 aromatic heterocycles. The average Bonchev–Trinajstić information content (AvgIpc) is 2.86. The summed E-state index contributed by atoms with van der Waals surface area (Å²) in [5.74, 6) is -1.85. The Morgan fingerprint density at radius 3 is 1.62 bits per heavy atom. The first-order valence-corrected chi connectivity index (χ1v) is 12.9. The highest BCUT2D eigenvalue weighted by atomic mass is 32.2. The molecule has 2 aromatic carbocycles. The van der Waals surface area contributed by atoms with E-state index in [2.05, 4.69) is 12.1 Å². The fraction of sp³-hybridized carbons (Fsp3) is 0.346. The second-order valence-electron chi connectivity index (χ2n) is 7.97. The third-order valence-corrected chi connectivity index (χ3v) is 7.80. The van der Waals surface area contributed by atoms with Crippen molar-refractivity contribution in [1.82, 2.24) is 0 Å². The van der Waals surface area contributed by atoms with E-state index in [1.807, 2.05) is 0 Å². The minimum atomic E-state index is -1.09. The quantitative estimate of drug-likeness (QED) is 0.209. The zero-order valence-electron chi connectivity index (χ0n) is 20.3. The molecule has 37 heavy (non-hydrogen) atoms. The molecule has 0 aliphatic carbocycles. The van der Waals surface area contributed by atoms with Gasteiger partial charge in [0.25, 0.3) is 0 Å². The number of carbonyl (C=O) groups is 3. The van der Waals surface area contributed by atoms with Gasteiger partial charge < -0.3 is 18.9 Å². The van der Waals surface area contributed by atoms with E-state index in [0.29, 0.717) is 11.1 Å². The molecule has 0 spiro atoms. The van der Waals surface area contributed by atoms with Gasteiger partial charge in [-0.1, -0.05) is 0 Å². The van der Waals surface area contributed by atoms with Gasteiger partial charge in [0.2, 0.25) is 0 Å². The second kappa shape index (κ2) is 13.2. The van der Waals surface area contributed by atoms with E-state index in [9.17, 15) is 14.4 Å². The van der Waals surface area contributed by atoms with Gasteiger partial charge in [-0.3, -0.25) is 14.4 Å². The number of carbonyl (C=O) groups excluding carboxylic acids is 3. The van der Waals surface area contributed by atoms with Crippen LogP contribution in [-0.4, -0.2) is 53.5 Å². The molecule has 1 aliphatic heterocycles. The van der Waals surface area contributed by atoms with Crippen LogP contribution >= 0.6 is 23.5 Å². The number of nitrogens with zero attached hydrogens (tertiary/aromatic N) is 2. The van der Waals surface area contributed by atoms with Crippen molar-refractivity contribution in [3.05, 3.63) is 59.7 Å². The predicted molar refractivity (Wildman–Crippen MR) is 134 cm³/mol. The SMILES string of the molecule is CC(=O)O[C@H]1[C@H](OC(C)=O)[C@H](OC(C)=O)CO[C@@H]1C(Sc1ccc(C#N)cc1)Sc1ccc(C#N)cc1. The third-order valence-electron chi connectivity index (χ3n) is 5.13. The number of benzene rings is 2. The Balaban J connectivity index is 2.00. The molecule has 1 fully saturated rings. The summed E-state index contributed by atoms with van der Waals surface area (Å²) in [6, 6.07) is 18.1. The van der Waals surface area contributed by atoms with Crippen molar-refractivity contribution >= 4 is 41.4 Å². The molecule has 1 heterocycles. The summed E-state index contributed by atoms with van der Waals surface area (Å²) in [6.07, 6.45) is -3.93. The highest BCUT2D eigenvalue weighted by Crippen LogP contribution is 2.42. The van der Waals surface area contributed by atoms with Crippen molar-refractivity contribution in [2.45, 2.75) is 59.6 Å². The molecule has 4 atom stereocenters. The molecule has 0 bridgehead atoms. The normalized spacial score (nSPS) is 20.8. The molecule has 2 aromatic rings. The van der Waals surface area contributed by atoms with Crippen LogP contribution in [0.1, 0.15) is 31.9 Å². The van der Waals surface area contributed by atoms with Crippen molar-refractivity contribution in [3.8, 4) is 12.1 Å². The van der Waals surface area contributed by atoms with Crippen LogP contribution in [0.25, 0.3) is 0 Å². The number of hydrogen-bond acceptors (Lipinski definition) is 11. The second-order valence-corrected chi connectivity index (χ2v) is 10.7. The maximum atomic E-state index is 12.1. The molecular weight excluding hydrogens is 516 g/mol. The molecule has 1 aliphatic rings. The van der Waals surface area contributed by atoms with E-state index in [1.165, 1.54) is 44.3 Å². The van der Waals surface area contributed by atoms with Crippen LogP contribution < -0.4 is 0 Å². The summed E-state index contributed by atoms with van der Waals surface area (Å²) < 4.78 is 22.1. The zero-order valence-corrected chi connectivity index (χ0v) is 21.9. The lowest BCUT2D eigenvalue weighted by Crippen LogP contribution is -2.59. The summed E-state index contributed by atoms with van der Waals surface area (Å²) in [6.45, 7) is 3.59. The summed E-state index contributed by atoms with van der Waals surface area (Å²) in [5, 5.41) is 18.3. The molecule has 0 N–H and O–H groups in total. The van der Waals surface area contributed by atoms with E-state index in [4.69, 9.17) is 29.5 Å². The number of nitriles is 2. The predicted octanol–water partition coefficient (Wildman–Crippen LogP) is 3.83. The first kappa shape index (κ1) is 28.1. The molecule has 192 valence electrons. The van der Waals surface area contributed by atoms with Crippen molar-refractivity contribution in [1.29, 1.82) is 10.5 Å². The monoisotopic (exact) mass is 540 g/mol. The molecule has 11 heteroatoms. The minimum Gasteiger partial charge on any atom is -0.456 e. The summed E-state index contributed by atoms with van der Waals surface area (Å²) >= 11 is 2.82. The molecule has 9 nitrogen and oxygen atoms in total. The number of rotatable bonds is 8. The van der Waals surface area contributed by atoms with Gasteiger partial charge in [-0.25, -0.2) is 0 Å². The topological polar surface area (TPSA) is 136 Å². The van der Waals surface area contributed by atoms with E-state index >= 15 is 0 Å². The molecule has 0 saturated carbocycles. The van der Waals surface area contributed by atoms with Gasteiger partial charge in [-0.2, -0.15) is 10.5 Å². The molecule has 0 amide bonds. The van der Waals surface area contributed by atoms with Gasteiger partial charge in [0.05, 0.1) is 34.5 Å². The summed E-state index contributed by atoms with van der Waals surface area (Å²) in [4.78, 5) is 37.4. The van der Waals surface area contributed by atoms with Gasteiger partial charge in [0, 0.05) is 30.6 Å². The van der Waals surface area contributed by atoms with Crippen molar-refractivity contribution in [3.63, 3.8) is 0 Å². The van der Waals surface area contributed by atoms with Crippen LogP contribution in [0.15, 0.2) is 58.3 Å². The van der Waals surface area contributed by atoms with E-state index in [0.717, 1.165) is 9.79 Å². The largest absolute Gasteiger partial charge is 0.456 e. The van der Waals surface area contributed by atoms with Crippen LogP contribution in [0.2, 0.25) is 0 Å². The Hall–Kier alpha value is -3.51. The van der Waals surface area contributed by atoms with E-state index in [-0.39, 0.29) is 6.61 Å².